The van der Waals surface area contributed by atoms with Gasteiger partial charge in [-0.25, -0.2) is 0 Å². The first-order valence-corrected chi connectivity index (χ1v) is 25.7. The molecule has 0 aromatic heterocycles. The van der Waals surface area contributed by atoms with Crippen molar-refractivity contribution >= 4 is 40.7 Å². The van der Waals surface area contributed by atoms with Crippen molar-refractivity contribution in [3.05, 3.63) is 179 Å². The van der Waals surface area contributed by atoms with Crippen LogP contribution in [-0.4, -0.2) is 109 Å². The van der Waals surface area contributed by atoms with Crippen LogP contribution in [0.3, 0.4) is 0 Å². The average Bonchev–Trinajstić information content (AvgIpc) is 3.74. The summed E-state index contributed by atoms with van der Waals surface area (Å²) in [5.74, 6) is -1.74. The Kier molecular flexibility index (Phi) is 18.6. The molecule has 4 fully saturated rings. The number of hydrogen-bond donors (Lipinski definition) is 1. The van der Waals surface area contributed by atoms with Crippen molar-refractivity contribution in [1.29, 1.82) is 5.41 Å². The largest absolute Gasteiger partial charge is 0.445 e. The van der Waals surface area contributed by atoms with Crippen molar-refractivity contribution in [1.82, 2.24) is 0 Å². The molecule has 73 heavy (non-hydrogen) atoms. The van der Waals surface area contributed by atoms with Gasteiger partial charge in [0.05, 0.1) is 52.4 Å². The minimum absolute atomic E-state index is 0.0252. The number of ether oxygens (including phenoxy) is 13. The molecule has 390 valence electrons. The molecule has 0 radical (unpaired) electrons. The Labute approximate surface area is 441 Å². The molecular weight excluding hydrogens is 1000 g/mol. The van der Waals surface area contributed by atoms with Crippen LogP contribution in [0.5, 0.6) is 0 Å². The molecule has 0 amide bonds. The lowest BCUT2D eigenvalue weighted by atomic mass is 9.98. The van der Waals surface area contributed by atoms with Crippen molar-refractivity contribution < 1.29 is 61.6 Å². The molecule has 0 aliphatic carbocycles. The maximum Gasteiger partial charge on any atom is 0.265 e. The van der Waals surface area contributed by atoms with Gasteiger partial charge in [-0.05, 0) is 48.6 Å². The average molecular weight is 1060 g/mol. The van der Waals surface area contributed by atoms with Crippen LogP contribution in [-0.2, 0) is 94.6 Å². The second-order valence-corrected chi connectivity index (χ2v) is 21.1. The Bertz CT molecular complexity index is 2450. The lowest BCUT2D eigenvalue weighted by molar-refractivity contribution is -0.367. The molecule has 0 saturated carbocycles. The zero-order valence-corrected chi connectivity index (χ0v) is 43.1. The van der Waals surface area contributed by atoms with Crippen LogP contribution in [0, 0.1) is 5.41 Å². The van der Waals surface area contributed by atoms with E-state index in [1.165, 1.54) is 0 Å². The molecule has 1 N–H and O–H groups in total. The molecule has 0 bridgehead atoms. The van der Waals surface area contributed by atoms with Gasteiger partial charge in [0, 0.05) is 0 Å². The maximum absolute atomic E-state index is 8.33. The summed E-state index contributed by atoms with van der Waals surface area (Å²) >= 11 is 18.1. The fourth-order valence-corrected chi connectivity index (χ4v) is 9.40. The summed E-state index contributed by atoms with van der Waals surface area (Å²) in [6, 6.07) is 49.5. The topological polar surface area (TPSA) is 144 Å². The number of rotatable bonds is 20. The molecule has 4 aliphatic heterocycles. The Morgan fingerprint density at radius 2 is 0.849 bits per heavy atom. The van der Waals surface area contributed by atoms with Crippen molar-refractivity contribution in [2.24, 2.45) is 0 Å². The van der Waals surface area contributed by atoms with Gasteiger partial charge >= 0.3 is 0 Å². The first-order chi connectivity index (χ1) is 35.4. The van der Waals surface area contributed by atoms with Crippen LogP contribution in [0.15, 0.2) is 152 Å². The van der Waals surface area contributed by atoms with Gasteiger partial charge in [-0.2, -0.15) is 0 Å². The molecule has 4 aliphatic rings. The normalized spacial score (nSPS) is 30.1. The summed E-state index contributed by atoms with van der Waals surface area (Å²) in [6.07, 6.45) is -11.3. The number of alkyl halides is 3. The van der Waals surface area contributed by atoms with Crippen LogP contribution in [0.2, 0.25) is 0 Å². The number of nitrogens with one attached hydrogen (secondary N) is 1. The molecule has 4 saturated heterocycles. The van der Waals surface area contributed by atoms with Crippen molar-refractivity contribution in [3.63, 3.8) is 0 Å². The van der Waals surface area contributed by atoms with Gasteiger partial charge in [-0.3, -0.25) is 5.41 Å². The van der Waals surface area contributed by atoms with Gasteiger partial charge in [0.25, 0.3) is 3.79 Å². The fourth-order valence-electron chi connectivity index (χ4n) is 9.27. The van der Waals surface area contributed by atoms with Crippen molar-refractivity contribution in [2.45, 2.75) is 143 Å². The lowest BCUT2D eigenvalue weighted by Crippen LogP contribution is -2.64. The van der Waals surface area contributed by atoms with Crippen LogP contribution >= 0.6 is 34.8 Å². The maximum atomic E-state index is 8.33. The molecule has 5 aromatic rings. The number of hydrogen-bond acceptors (Lipinski definition) is 14. The number of benzene rings is 5. The Hall–Kier alpha value is -4.04. The van der Waals surface area contributed by atoms with Crippen LogP contribution in [0.4, 0.5) is 0 Å². The smallest absolute Gasteiger partial charge is 0.265 e. The Morgan fingerprint density at radius 1 is 0.493 bits per heavy atom. The SMILES string of the molecule is CC1O[C@@H](OC(=N)C(Cl)(Cl)Cl)C2OC(C)(C)OC2[C@H]1O[C@@H]1OC[C@@H](OCc2ccccc2)C(O[C@@H]2OC[C@@H](OCc3ccccc3)C(OCc3ccccc3)C2OCc2ccccc2)C1OCc1ccccc1. The second kappa shape index (κ2) is 25.2. The van der Waals surface area contributed by atoms with Crippen LogP contribution < -0.4 is 0 Å². The summed E-state index contributed by atoms with van der Waals surface area (Å²) in [5.41, 5.74) is 4.78. The molecule has 14 nitrogen and oxygen atoms in total. The Morgan fingerprint density at radius 3 is 1.27 bits per heavy atom. The highest BCUT2D eigenvalue weighted by atomic mass is 35.6. The van der Waals surface area contributed by atoms with E-state index in [0.717, 1.165) is 27.8 Å². The van der Waals surface area contributed by atoms with Crippen molar-refractivity contribution in [3.8, 4) is 0 Å². The van der Waals surface area contributed by atoms with Gasteiger partial charge in [0.1, 0.15) is 48.8 Å². The van der Waals surface area contributed by atoms with E-state index in [9.17, 15) is 0 Å². The van der Waals surface area contributed by atoms with Crippen molar-refractivity contribution in [2.75, 3.05) is 13.2 Å². The minimum atomic E-state index is -2.14. The third kappa shape index (κ3) is 14.5. The molecular formula is C56H62Cl3NO13. The molecule has 9 rings (SSSR count). The first kappa shape index (κ1) is 53.8. The number of halogens is 3. The van der Waals surface area contributed by atoms with Crippen LogP contribution in [0.1, 0.15) is 48.6 Å². The van der Waals surface area contributed by atoms with Gasteiger partial charge in [-0.15, -0.1) is 0 Å². The van der Waals surface area contributed by atoms with E-state index in [1.54, 1.807) is 20.8 Å². The highest BCUT2D eigenvalue weighted by molar-refractivity contribution is 6.76. The molecule has 13 atom stereocenters. The third-order valence-electron chi connectivity index (χ3n) is 12.9. The van der Waals surface area contributed by atoms with E-state index in [1.807, 2.05) is 152 Å². The molecule has 5 aromatic carbocycles. The van der Waals surface area contributed by atoms with E-state index in [-0.39, 0.29) is 39.6 Å². The summed E-state index contributed by atoms with van der Waals surface area (Å²) < 4.78 is 84.8. The first-order valence-electron chi connectivity index (χ1n) is 24.5. The Balaban J connectivity index is 1.05. The highest BCUT2D eigenvalue weighted by Gasteiger charge is 2.59. The molecule has 0 spiro atoms. The van der Waals surface area contributed by atoms with Gasteiger partial charge < -0.3 is 61.6 Å². The second-order valence-electron chi connectivity index (χ2n) is 18.8. The molecule has 4 heterocycles. The summed E-state index contributed by atoms with van der Waals surface area (Å²) in [6.45, 7) is 6.68. The zero-order valence-electron chi connectivity index (χ0n) is 40.8. The minimum Gasteiger partial charge on any atom is -0.445 e. The van der Waals surface area contributed by atoms with Gasteiger partial charge in [0.15, 0.2) is 24.5 Å². The lowest BCUT2D eigenvalue weighted by Gasteiger charge is -2.48. The zero-order chi connectivity index (χ0) is 50.8. The predicted molar refractivity (Wildman–Crippen MR) is 272 cm³/mol. The van der Waals surface area contributed by atoms with Crippen LogP contribution in [0.25, 0.3) is 0 Å². The summed E-state index contributed by atoms with van der Waals surface area (Å²) in [4.78, 5) is 0. The quantitative estimate of drug-likeness (QED) is 0.0449. The predicted octanol–water partition coefficient (Wildman–Crippen LogP) is 10.0. The van der Waals surface area contributed by atoms with E-state index in [4.69, 9.17) is 102 Å². The van der Waals surface area contributed by atoms with E-state index < -0.39 is 95.4 Å². The van der Waals surface area contributed by atoms with E-state index in [2.05, 4.69) is 0 Å². The highest BCUT2D eigenvalue weighted by Crippen LogP contribution is 2.42. The monoisotopic (exact) mass is 1060 g/mol. The molecule has 17 heteroatoms. The third-order valence-corrected chi connectivity index (χ3v) is 13.4. The fraction of sp³-hybridized carbons (Fsp3) is 0.446. The summed E-state index contributed by atoms with van der Waals surface area (Å²) in [7, 11) is 0. The number of fused-ring (bicyclic) bond motifs is 1. The van der Waals surface area contributed by atoms with E-state index >= 15 is 0 Å². The van der Waals surface area contributed by atoms with Gasteiger partial charge in [0.2, 0.25) is 12.2 Å². The standard InChI is InChI=1S/C56H62Cl3NO13/c1-36-44(47-50(73-55(2,3)72-47)53(68-36)71-54(60)56(57,58)59)69-52-49(65-33-41-27-17-8-18-28-41)46(43(35-67-52)62-30-38-21-11-5-12-22-38)70-51-48(64-32-40-25-15-7-16-26-40)45(63-31-39-23-13-6-14-24-39)42(34-66-51)61-29-37-19-9-4-10-20-37/h4-28,36,42-53,60H,29-35H2,1-3H3/t36?,42-,43-,44+,45?,46?,47?,48?,49?,50?,51+,52+,53+/m1/s1. The molecule has 7 unspecified atom stereocenters. The summed E-state index contributed by atoms with van der Waals surface area (Å²) in [5, 5.41) is 8.33. The van der Waals surface area contributed by atoms with E-state index in [0.29, 0.717) is 6.61 Å². The van der Waals surface area contributed by atoms with Gasteiger partial charge in [-0.1, -0.05) is 186 Å².